The molecule has 0 fully saturated rings. The van der Waals surface area contributed by atoms with Gasteiger partial charge in [0, 0.05) is 29.5 Å². The summed E-state index contributed by atoms with van der Waals surface area (Å²) in [6, 6.07) is 0. The number of phenolic OH excluding ortho intramolecular Hbond substituents is 3. The number of fused-ring (bicyclic) bond motifs is 3. The zero-order chi connectivity index (χ0) is 41.0. The number of carboxylic acids is 2. The van der Waals surface area contributed by atoms with Gasteiger partial charge in [-0.3, -0.25) is 4.79 Å². The Hall–Kier alpha value is -4.93. The van der Waals surface area contributed by atoms with Crippen LogP contribution < -0.4 is 14.2 Å². The van der Waals surface area contributed by atoms with Crippen molar-refractivity contribution in [3.63, 3.8) is 0 Å². The molecule has 0 aromatic heterocycles. The van der Waals surface area contributed by atoms with E-state index >= 15 is 0 Å². The molecule has 3 aliphatic heterocycles. The first-order chi connectivity index (χ1) is 24.8. The fraction of sp³-hybridized carbons (Fsp3) is 0.512. The minimum atomic E-state index is -1.17. The zero-order valence-corrected chi connectivity index (χ0v) is 33.9. The van der Waals surface area contributed by atoms with Crippen LogP contribution in [0.3, 0.4) is 0 Å². The number of carbonyl (C=O) groups excluding carboxylic acids is 1. The van der Waals surface area contributed by atoms with Crippen LogP contribution in [0.4, 0.5) is 0 Å². The van der Waals surface area contributed by atoms with Crippen LogP contribution in [0.25, 0.3) is 0 Å². The van der Waals surface area contributed by atoms with Crippen molar-refractivity contribution in [2.75, 3.05) is 0 Å². The Labute approximate surface area is 317 Å². The summed E-state index contributed by atoms with van der Waals surface area (Å²) in [4.78, 5) is 34.2. The molecule has 294 valence electrons. The van der Waals surface area contributed by atoms with Gasteiger partial charge >= 0.3 is 11.9 Å². The lowest BCUT2D eigenvalue weighted by atomic mass is 9.85. The summed E-state index contributed by atoms with van der Waals surface area (Å²) in [7, 11) is 0. The molecule has 11 nitrogen and oxygen atoms in total. The number of benzene rings is 3. The largest absolute Gasteiger partial charge is 0.507 e. The fourth-order valence-corrected chi connectivity index (χ4v) is 7.29. The van der Waals surface area contributed by atoms with Crippen LogP contribution in [-0.2, 0) is 33.6 Å². The molecule has 6 rings (SSSR count). The lowest BCUT2D eigenvalue weighted by Crippen LogP contribution is -2.44. The number of carbonyl (C=O) groups is 3. The second kappa shape index (κ2) is 14.7. The van der Waals surface area contributed by atoms with Crippen molar-refractivity contribution in [1.82, 2.24) is 0 Å². The van der Waals surface area contributed by atoms with E-state index in [1.54, 1.807) is 20.8 Å². The second-order valence-corrected chi connectivity index (χ2v) is 15.8. The summed E-state index contributed by atoms with van der Waals surface area (Å²) < 4.78 is 17.4. The molecular formula is C43H56O11. The van der Waals surface area contributed by atoms with Crippen LogP contribution in [0.2, 0.25) is 0 Å². The molecule has 3 aromatic carbocycles. The molecule has 3 aromatic rings. The molecule has 5 N–H and O–H groups in total. The van der Waals surface area contributed by atoms with Gasteiger partial charge in [-0.05, 0) is 166 Å². The minimum absolute atomic E-state index is 0.0518. The first kappa shape index (κ1) is 41.8. The number of Topliss-reactive ketones (excluding diaryl/α,β-unsaturated/α-hetero) is 1. The normalized spacial score (nSPS) is 22.2. The summed E-state index contributed by atoms with van der Waals surface area (Å²) in [6.45, 7) is 23.3. The number of ketones is 1. The molecule has 0 saturated heterocycles. The van der Waals surface area contributed by atoms with E-state index < -0.39 is 28.7 Å². The van der Waals surface area contributed by atoms with Crippen molar-refractivity contribution in [2.24, 2.45) is 0 Å². The maximum Gasteiger partial charge on any atom is 0.347 e. The Balaban J connectivity index is 0.000000180. The van der Waals surface area contributed by atoms with E-state index in [-0.39, 0.29) is 17.3 Å². The SMILES string of the molecule is CC(=O)C1(C)CCc2c(C)c(O)c(C)c(C)c2O1.Cc1c(C)c2c(c(C)c1O)CC[C@@](C)(C(=O)O)O2.Cc1c(C)c2c(c(C)c1O)CC[C@](C)(C(=O)O)O2. The topological polar surface area (TPSA) is 180 Å². The van der Waals surface area contributed by atoms with E-state index in [0.717, 1.165) is 78.9 Å². The average Bonchev–Trinajstić information content (AvgIpc) is 3.13. The van der Waals surface area contributed by atoms with Crippen molar-refractivity contribution < 1.29 is 54.1 Å². The van der Waals surface area contributed by atoms with Gasteiger partial charge in [-0.2, -0.15) is 0 Å². The standard InChI is InChI=1S/C15H20O3.2C14H18O4/c1-8-9(2)14-12(10(3)13(8)17)6-7-15(5,18-14)11(4)16;2*1-7-8(2)12-10(9(3)11(7)15)5-6-14(4,18-12)13(16)17/h17H,6-7H2,1-5H3;2*15H,5-6H2,1-4H3,(H,16,17)/t;2*14-/m.10/s1. The second-order valence-electron chi connectivity index (χ2n) is 15.8. The van der Waals surface area contributed by atoms with Crippen molar-refractivity contribution >= 4 is 17.7 Å². The monoisotopic (exact) mass is 748 g/mol. The number of aromatic hydroxyl groups is 3. The van der Waals surface area contributed by atoms with Gasteiger partial charge < -0.3 is 39.7 Å². The van der Waals surface area contributed by atoms with Gasteiger partial charge in [0.25, 0.3) is 0 Å². The Kier molecular flexibility index (Phi) is 11.4. The van der Waals surface area contributed by atoms with Crippen LogP contribution in [0.5, 0.6) is 34.5 Å². The average molecular weight is 749 g/mol. The molecule has 0 spiro atoms. The fourth-order valence-electron chi connectivity index (χ4n) is 7.29. The Morgan fingerprint density at radius 2 is 0.685 bits per heavy atom. The van der Waals surface area contributed by atoms with Gasteiger partial charge in [-0.15, -0.1) is 0 Å². The van der Waals surface area contributed by atoms with Gasteiger partial charge in [0.05, 0.1) is 0 Å². The van der Waals surface area contributed by atoms with Crippen molar-refractivity contribution in [2.45, 2.75) is 145 Å². The highest BCUT2D eigenvalue weighted by atomic mass is 16.5. The summed E-state index contributed by atoms with van der Waals surface area (Å²) in [5.74, 6) is 1.11. The highest BCUT2D eigenvalue weighted by Crippen LogP contribution is 2.46. The maximum atomic E-state index is 11.7. The highest BCUT2D eigenvalue weighted by Gasteiger charge is 2.42. The third-order valence-electron chi connectivity index (χ3n) is 12.2. The van der Waals surface area contributed by atoms with Gasteiger partial charge in [0.2, 0.25) is 11.2 Å². The van der Waals surface area contributed by atoms with E-state index in [0.29, 0.717) is 49.4 Å². The molecule has 3 heterocycles. The molecule has 0 aliphatic carbocycles. The van der Waals surface area contributed by atoms with Gasteiger partial charge in [-0.25, -0.2) is 9.59 Å². The number of hydrogen-bond acceptors (Lipinski definition) is 9. The minimum Gasteiger partial charge on any atom is -0.507 e. The predicted molar refractivity (Wildman–Crippen MR) is 205 cm³/mol. The van der Waals surface area contributed by atoms with E-state index in [2.05, 4.69) is 0 Å². The Morgan fingerprint density at radius 1 is 0.444 bits per heavy atom. The molecule has 0 radical (unpaired) electrons. The quantitative estimate of drug-likeness (QED) is 0.175. The lowest BCUT2D eigenvalue weighted by molar-refractivity contribution is -0.155. The Morgan fingerprint density at radius 3 is 0.926 bits per heavy atom. The summed E-state index contributed by atoms with van der Waals surface area (Å²) in [5, 5.41) is 48.5. The number of phenols is 3. The van der Waals surface area contributed by atoms with Crippen LogP contribution in [-0.4, -0.2) is 60.1 Å². The predicted octanol–water partition coefficient (Wildman–Crippen LogP) is 7.96. The number of hydrogen-bond donors (Lipinski definition) is 5. The Bertz CT molecular complexity index is 1830. The van der Waals surface area contributed by atoms with Crippen molar-refractivity contribution in [1.29, 1.82) is 0 Å². The third kappa shape index (κ3) is 7.17. The number of carboxylic acid groups (broad SMARTS) is 2. The summed E-state index contributed by atoms with van der Waals surface area (Å²) in [6.07, 6.45) is 3.48. The summed E-state index contributed by atoms with van der Waals surface area (Å²) in [5.41, 5.74) is 7.17. The van der Waals surface area contributed by atoms with Crippen molar-refractivity contribution in [3.8, 4) is 34.5 Å². The molecule has 0 bridgehead atoms. The zero-order valence-electron chi connectivity index (χ0n) is 33.9. The van der Waals surface area contributed by atoms with Crippen LogP contribution in [0.15, 0.2) is 0 Å². The number of ether oxygens (including phenoxy) is 3. The molecule has 1 unspecified atom stereocenters. The molecule has 0 saturated carbocycles. The molecular weight excluding hydrogens is 692 g/mol. The number of rotatable bonds is 3. The number of aliphatic carboxylic acids is 2. The van der Waals surface area contributed by atoms with Gasteiger partial charge in [-0.1, -0.05) is 0 Å². The summed E-state index contributed by atoms with van der Waals surface area (Å²) >= 11 is 0. The van der Waals surface area contributed by atoms with Crippen molar-refractivity contribution in [3.05, 3.63) is 66.8 Å². The van der Waals surface area contributed by atoms with Crippen LogP contribution in [0.1, 0.15) is 114 Å². The lowest BCUT2D eigenvalue weighted by Gasteiger charge is -2.36. The first-order valence-electron chi connectivity index (χ1n) is 18.3. The molecule has 3 atom stereocenters. The van der Waals surface area contributed by atoms with E-state index in [1.165, 1.54) is 0 Å². The van der Waals surface area contributed by atoms with Crippen LogP contribution >= 0.6 is 0 Å². The van der Waals surface area contributed by atoms with Crippen LogP contribution in [0, 0.1) is 62.3 Å². The highest BCUT2D eigenvalue weighted by molar-refractivity contribution is 5.85. The van der Waals surface area contributed by atoms with E-state index in [4.69, 9.17) is 14.2 Å². The first-order valence-corrected chi connectivity index (χ1v) is 18.3. The van der Waals surface area contributed by atoms with E-state index in [9.17, 15) is 39.9 Å². The molecule has 11 heteroatoms. The van der Waals surface area contributed by atoms with Gasteiger partial charge in [0.15, 0.2) is 11.4 Å². The molecule has 54 heavy (non-hydrogen) atoms. The molecule has 3 aliphatic rings. The third-order valence-corrected chi connectivity index (χ3v) is 12.2. The smallest absolute Gasteiger partial charge is 0.347 e. The molecule has 0 amide bonds. The maximum absolute atomic E-state index is 11.7. The van der Waals surface area contributed by atoms with E-state index in [1.807, 2.05) is 69.2 Å². The van der Waals surface area contributed by atoms with Gasteiger partial charge in [0.1, 0.15) is 34.5 Å².